The number of aliphatic hydroxyl groups is 2. The number of nitrogens with one attached hydrogen (secondary N) is 2. The molecule has 0 spiro atoms. The van der Waals surface area contributed by atoms with E-state index in [4.69, 9.17) is 10.5 Å². The van der Waals surface area contributed by atoms with Crippen molar-refractivity contribution in [2.45, 2.75) is 48.8 Å². The minimum atomic E-state index is -1.25. The van der Waals surface area contributed by atoms with Gasteiger partial charge in [-0.05, 0) is 55.3 Å². The molecule has 0 aliphatic rings. The minimum Gasteiger partial charge on any atom is -0.504 e. The van der Waals surface area contributed by atoms with Gasteiger partial charge in [-0.3, -0.25) is 15.4 Å². The molecule has 2 rings (SSSR count). The topological polar surface area (TPSA) is 196 Å². The molecule has 39 heavy (non-hydrogen) atoms. The van der Waals surface area contributed by atoms with Crippen molar-refractivity contribution in [2.24, 2.45) is 5.73 Å². The van der Waals surface area contributed by atoms with E-state index in [0.717, 1.165) is 0 Å². The highest BCUT2D eigenvalue weighted by atomic mass is 32.2. The van der Waals surface area contributed by atoms with E-state index in [-0.39, 0.29) is 17.3 Å². The summed E-state index contributed by atoms with van der Waals surface area (Å²) in [4.78, 5) is 28.2. The number of hydrogen-bond acceptors (Lipinski definition) is 13. The van der Waals surface area contributed by atoms with Gasteiger partial charge in [0, 0.05) is 18.0 Å². The van der Waals surface area contributed by atoms with Gasteiger partial charge in [-0.2, -0.15) is 0 Å². The number of aliphatic hydroxyl groups excluding tert-OH is 2. The number of nitrogens with two attached hydrogens (primary N) is 1. The Morgan fingerprint density at radius 2 is 1.85 bits per heavy atom. The number of carbonyl (C=O) groups excluding carboxylic acids is 2. The highest BCUT2D eigenvalue weighted by Gasteiger charge is 2.28. The van der Waals surface area contributed by atoms with Crippen LogP contribution in [0.2, 0.25) is 0 Å². The van der Waals surface area contributed by atoms with Crippen molar-refractivity contribution in [3.05, 3.63) is 53.7 Å². The summed E-state index contributed by atoms with van der Waals surface area (Å²) in [7, 11) is 2.52. The summed E-state index contributed by atoms with van der Waals surface area (Å²) in [6.07, 6.45) is 3.71. The molecule has 12 nitrogen and oxygen atoms in total. The monoisotopic (exact) mass is 564 g/mol. The molecule has 13 heteroatoms. The Hall–Kier alpha value is -3.20. The van der Waals surface area contributed by atoms with Crippen molar-refractivity contribution in [1.82, 2.24) is 15.6 Å². The summed E-state index contributed by atoms with van der Waals surface area (Å²) >= 11 is 1.22. The van der Waals surface area contributed by atoms with Gasteiger partial charge in [0.1, 0.15) is 18.5 Å². The highest BCUT2D eigenvalue weighted by molar-refractivity contribution is 7.99. The number of pyridine rings is 1. The van der Waals surface area contributed by atoms with E-state index in [0.29, 0.717) is 42.0 Å². The van der Waals surface area contributed by atoms with Crippen LogP contribution < -0.4 is 16.4 Å². The van der Waals surface area contributed by atoms with Crippen LogP contribution in [0.5, 0.6) is 11.5 Å². The standard InChI is InChI=1S/C26H36N4O8S/c1-37-25(35)17-8-11-23(28-14-17)39-15-19(26(36)38-2)30-24(34)18(5-3-4-12-27)29-22(33)10-7-16-6-9-20(31)21(32)13-16/h6-11,13-14,18-19,22,24,29-34H,3-5,12,15,27H2,1-2H3/b10-7+/t18-,19-,22?,24?/m0/s1. The third-order valence-electron chi connectivity index (χ3n) is 5.62. The summed E-state index contributed by atoms with van der Waals surface area (Å²) < 4.78 is 9.55. The molecule has 2 aromatic rings. The number of methoxy groups -OCH3 is 2. The molecule has 0 amide bonds. The maximum atomic E-state index is 12.4. The Labute approximate surface area is 231 Å². The fourth-order valence-electron chi connectivity index (χ4n) is 3.48. The number of benzene rings is 1. The summed E-state index contributed by atoms with van der Waals surface area (Å²) in [5.41, 5.74) is 6.44. The van der Waals surface area contributed by atoms with Gasteiger partial charge in [-0.25, -0.2) is 9.78 Å². The van der Waals surface area contributed by atoms with E-state index in [1.165, 1.54) is 50.4 Å². The maximum Gasteiger partial charge on any atom is 0.339 e. The molecule has 0 bridgehead atoms. The van der Waals surface area contributed by atoms with E-state index in [2.05, 4.69) is 20.4 Å². The lowest BCUT2D eigenvalue weighted by Gasteiger charge is -2.29. The van der Waals surface area contributed by atoms with Gasteiger partial charge >= 0.3 is 11.9 Å². The Morgan fingerprint density at radius 3 is 2.46 bits per heavy atom. The first kappa shape index (κ1) is 32.0. The number of nitrogens with zero attached hydrogens (tertiary/aromatic N) is 1. The smallest absolute Gasteiger partial charge is 0.339 e. The Bertz CT molecular complexity index is 1090. The van der Waals surface area contributed by atoms with Crippen LogP contribution in [-0.4, -0.2) is 88.4 Å². The second-order valence-corrected chi connectivity index (χ2v) is 9.52. The van der Waals surface area contributed by atoms with E-state index in [1.807, 2.05) is 0 Å². The molecule has 0 aliphatic heterocycles. The van der Waals surface area contributed by atoms with Crippen molar-refractivity contribution in [2.75, 3.05) is 26.5 Å². The van der Waals surface area contributed by atoms with Gasteiger partial charge in [0.15, 0.2) is 11.5 Å². The lowest BCUT2D eigenvalue weighted by Crippen LogP contribution is -2.56. The number of unbranched alkanes of at least 4 members (excludes halogenated alkanes) is 1. The molecule has 8 N–H and O–H groups in total. The first-order chi connectivity index (χ1) is 18.7. The molecule has 1 heterocycles. The van der Waals surface area contributed by atoms with Crippen LogP contribution >= 0.6 is 11.8 Å². The number of ether oxygens (including phenoxy) is 2. The van der Waals surface area contributed by atoms with E-state index >= 15 is 0 Å². The zero-order valence-corrected chi connectivity index (χ0v) is 22.6. The van der Waals surface area contributed by atoms with Crippen molar-refractivity contribution in [3.63, 3.8) is 0 Å². The number of thioether (sulfide) groups is 1. The third-order valence-corrected chi connectivity index (χ3v) is 6.66. The zero-order valence-electron chi connectivity index (χ0n) is 21.8. The first-order valence-corrected chi connectivity index (χ1v) is 13.2. The molecule has 4 atom stereocenters. The average Bonchev–Trinajstić information content (AvgIpc) is 2.94. The number of aromatic nitrogens is 1. The second-order valence-electron chi connectivity index (χ2n) is 8.48. The molecule has 0 aliphatic carbocycles. The summed E-state index contributed by atoms with van der Waals surface area (Å²) in [6, 6.07) is 5.82. The van der Waals surface area contributed by atoms with Crippen LogP contribution in [-0.2, 0) is 14.3 Å². The molecule has 0 saturated heterocycles. The number of aromatic hydroxyl groups is 2. The summed E-state index contributed by atoms with van der Waals surface area (Å²) in [5, 5.41) is 46.9. The molecule has 1 aromatic carbocycles. The molecule has 214 valence electrons. The SMILES string of the molecule is COC(=O)c1ccc(SC[C@H](NC(O)[C@H](CCCCN)NC(O)/C=C/c2ccc(O)c(O)c2)C(=O)OC)nc1. The van der Waals surface area contributed by atoms with Gasteiger partial charge in [0.2, 0.25) is 0 Å². The number of rotatable bonds is 16. The fourth-order valence-corrected chi connectivity index (χ4v) is 4.35. The van der Waals surface area contributed by atoms with Gasteiger partial charge in [0.25, 0.3) is 0 Å². The van der Waals surface area contributed by atoms with Crippen LogP contribution in [0.3, 0.4) is 0 Å². The fraction of sp³-hybridized carbons (Fsp3) is 0.423. The maximum absolute atomic E-state index is 12.4. The van der Waals surface area contributed by atoms with Gasteiger partial charge in [-0.15, -0.1) is 11.8 Å². The van der Waals surface area contributed by atoms with Crippen LogP contribution in [0.4, 0.5) is 0 Å². The van der Waals surface area contributed by atoms with Gasteiger partial charge in [0.05, 0.1) is 24.8 Å². The summed E-state index contributed by atoms with van der Waals surface area (Å²) in [6.45, 7) is 0.465. The van der Waals surface area contributed by atoms with Crippen LogP contribution in [0.15, 0.2) is 47.6 Å². The zero-order chi connectivity index (χ0) is 28.8. The number of esters is 2. The van der Waals surface area contributed by atoms with Gasteiger partial charge in [-0.1, -0.05) is 18.6 Å². The molecular weight excluding hydrogens is 528 g/mol. The van der Waals surface area contributed by atoms with Crippen molar-refractivity contribution < 1.29 is 39.5 Å². The van der Waals surface area contributed by atoms with Gasteiger partial charge < -0.3 is 35.6 Å². The largest absolute Gasteiger partial charge is 0.504 e. The lowest BCUT2D eigenvalue weighted by atomic mass is 10.1. The predicted octanol–water partition coefficient (Wildman–Crippen LogP) is 0.940. The van der Waals surface area contributed by atoms with Crippen molar-refractivity contribution in [3.8, 4) is 11.5 Å². The van der Waals surface area contributed by atoms with Crippen LogP contribution in [0.1, 0.15) is 35.2 Å². The normalized spacial score (nSPS) is 14.5. The quantitative estimate of drug-likeness (QED) is 0.0500. The Morgan fingerprint density at radius 1 is 1.08 bits per heavy atom. The molecular formula is C26H36N4O8S. The predicted molar refractivity (Wildman–Crippen MR) is 146 cm³/mol. The van der Waals surface area contributed by atoms with Crippen molar-refractivity contribution in [1.29, 1.82) is 0 Å². The first-order valence-electron chi connectivity index (χ1n) is 12.2. The van der Waals surface area contributed by atoms with Crippen LogP contribution in [0.25, 0.3) is 6.08 Å². The van der Waals surface area contributed by atoms with E-state index in [9.17, 15) is 30.0 Å². The average molecular weight is 565 g/mol. The van der Waals surface area contributed by atoms with Crippen molar-refractivity contribution >= 4 is 29.8 Å². The number of phenolic OH excluding ortho intramolecular Hbond substituents is 2. The minimum absolute atomic E-state index is 0.163. The molecule has 0 fully saturated rings. The number of phenols is 2. The third kappa shape index (κ3) is 10.8. The number of carbonyl (C=O) groups is 2. The molecule has 2 unspecified atom stereocenters. The van der Waals surface area contributed by atoms with Crippen LogP contribution in [0, 0.1) is 0 Å². The van der Waals surface area contributed by atoms with E-state index in [1.54, 1.807) is 24.3 Å². The Kier molecular flexibility index (Phi) is 13.7. The Balaban J connectivity index is 2.06. The second kappa shape index (κ2) is 16.7. The highest BCUT2D eigenvalue weighted by Crippen LogP contribution is 2.25. The van der Waals surface area contributed by atoms with E-state index < -0.39 is 36.5 Å². The lowest BCUT2D eigenvalue weighted by molar-refractivity contribution is -0.143. The molecule has 0 saturated carbocycles. The molecule has 1 aromatic heterocycles. The molecule has 0 radical (unpaired) electrons. The number of hydrogen-bond donors (Lipinski definition) is 7. The summed E-state index contributed by atoms with van der Waals surface area (Å²) in [5.74, 6) is -1.49.